The van der Waals surface area contributed by atoms with Gasteiger partial charge >= 0.3 is 11.9 Å². The zero-order chi connectivity index (χ0) is 21.3. The van der Waals surface area contributed by atoms with Crippen molar-refractivity contribution in [2.45, 2.75) is 12.1 Å². The maximum atomic E-state index is 12.5. The van der Waals surface area contributed by atoms with Crippen molar-refractivity contribution < 1.29 is 23.9 Å². The molecule has 0 aliphatic heterocycles. The van der Waals surface area contributed by atoms with Crippen LogP contribution in [-0.4, -0.2) is 30.4 Å². The number of Topliss-reactive ketones (excluding diaryl/α,β-unsaturated/α-hetero) is 1. The molecule has 0 saturated heterocycles. The van der Waals surface area contributed by atoms with Crippen LogP contribution in [-0.2, 0) is 14.3 Å². The van der Waals surface area contributed by atoms with Crippen molar-refractivity contribution in [1.29, 1.82) is 0 Å². The van der Waals surface area contributed by atoms with E-state index >= 15 is 0 Å². The summed E-state index contributed by atoms with van der Waals surface area (Å²) in [6, 6.07) is 24.7. The molecule has 0 aliphatic rings. The molecule has 0 bridgehead atoms. The second kappa shape index (κ2) is 10.1. The average molecular weight is 403 g/mol. The number of carbonyl (C=O) groups is 3. The minimum absolute atomic E-state index is 0.228. The fourth-order valence-electron chi connectivity index (χ4n) is 2.84. The highest BCUT2D eigenvalue weighted by atomic mass is 16.6. The number of carbonyl (C=O) groups excluding carboxylic acids is 3. The van der Waals surface area contributed by atoms with E-state index in [9.17, 15) is 14.4 Å². The summed E-state index contributed by atoms with van der Waals surface area (Å²) in [6.07, 6.45) is -0.862. The molecule has 0 radical (unpaired) electrons. The Morgan fingerprint density at radius 1 is 0.733 bits per heavy atom. The van der Waals surface area contributed by atoms with E-state index in [4.69, 9.17) is 15.2 Å². The largest absolute Gasteiger partial charge is 0.458 e. The second-order valence-electron chi connectivity index (χ2n) is 6.56. The van der Waals surface area contributed by atoms with Gasteiger partial charge in [0.05, 0.1) is 11.6 Å². The fraction of sp³-hybridized carbons (Fsp3) is 0.125. The zero-order valence-electron chi connectivity index (χ0n) is 16.1. The van der Waals surface area contributed by atoms with Crippen molar-refractivity contribution in [2.24, 2.45) is 5.73 Å². The molecule has 152 valence electrons. The maximum absolute atomic E-state index is 12.5. The molecule has 2 N–H and O–H groups in total. The summed E-state index contributed by atoms with van der Waals surface area (Å²) >= 11 is 0. The predicted molar refractivity (Wildman–Crippen MR) is 111 cm³/mol. The maximum Gasteiger partial charge on any atom is 0.379 e. The third-order valence-electron chi connectivity index (χ3n) is 4.39. The number of esters is 2. The molecule has 3 aromatic carbocycles. The Kier molecular flexibility index (Phi) is 7.08. The fourth-order valence-corrected chi connectivity index (χ4v) is 2.84. The Balaban J connectivity index is 1.69. The summed E-state index contributed by atoms with van der Waals surface area (Å²) in [5, 5.41) is 0. The highest BCUT2D eigenvalue weighted by Gasteiger charge is 2.27. The highest BCUT2D eigenvalue weighted by molar-refractivity contribution is 6.40. The van der Waals surface area contributed by atoms with Gasteiger partial charge in [-0.3, -0.25) is 4.79 Å². The van der Waals surface area contributed by atoms with E-state index in [1.165, 1.54) is 12.1 Å². The van der Waals surface area contributed by atoms with Crippen LogP contribution in [0, 0.1) is 0 Å². The Bertz CT molecular complexity index is 990. The Labute approximate surface area is 174 Å². The van der Waals surface area contributed by atoms with Crippen molar-refractivity contribution in [2.75, 3.05) is 6.61 Å². The Morgan fingerprint density at radius 3 is 1.80 bits per heavy atom. The second-order valence-corrected chi connectivity index (χ2v) is 6.56. The SMILES string of the molecule is NC(COC(=O)C(=O)c1ccccc1)C(OC(=O)c1ccccc1)c1ccccc1. The minimum atomic E-state index is -1.02. The lowest BCUT2D eigenvalue weighted by molar-refractivity contribution is -0.139. The molecule has 0 fully saturated rings. The molecule has 30 heavy (non-hydrogen) atoms. The molecular formula is C24H21NO5. The predicted octanol–water partition coefficient (Wildman–Crippen LogP) is 3.34. The van der Waals surface area contributed by atoms with Gasteiger partial charge in [-0.25, -0.2) is 9.59 Å². The molecule has 2 unspecified atom stereocenters. The molecule has 3 aromatic rings. The van der Waals surface area contributed by atoms with Crippen LogP contribution in [0.15, 0.2) is 91.0 Å². The molecule has 6 nitrogen and oxygen atoms in total. The highest BCUT2D eigenvalue weighted by Crippen LogP contribution is 2.22. The van der Waals surface area contributed by atoms with E-state index in [2.05, 4.69) is 0 Å². The summed E-state index contributed by atoms with van der Waals surface area (Å²) in [5.74, 6) is -2.33. The van der Waals surface area contributed by atoms with Crippen molar-refractivity contribution >= 4 is 17.7 Å². The lowest BCUT2D eigenvalue weighted by atomic mass is 10.0. The number of rotatable bonds is 8. The molecule has 0 aromatic heterocycles. The minimum Gasteiger partial charge on any atom is -0.458 e. The van der Waals surface area contributed by atoms with E-state index < -0.39 is 29.9 Å². The van der Waals surface area contributed by atoms with Crippen molar-refractivity contribution in [3.05, 3.63) is 108 Å². The van der Waals surface area contributed by atoms with E-state index in [1.807, 2.05) is 6.07 Å². The third kappa shape index (κ3) is 5.40. The van der Waals surface area contributed by atoms with Crippen LogP contribution in [0.5, 0.6) is 0 Å². The van der Waals surface area contributed by atoms with Crippen molar-refractivity contribution in [1.82, 2.24) is 0 Å². The standard InChI is InChI=1S/C24H21NO5/c25-20(16-29-24(28)21(26)17-10-4-1-5-11-17)22(18-12-6-2-7-13-18)30-23(27)19-14-8-3-9-15-19/h1-15,20,22H,16,25H2. The van der Waals surface area contributed by atoms with Crippen LogP contribution >= 0.6 is 0 Å². The van der Waals surface area contributed by atoms with Crippen LogP contribution in [0.2, 0.25) is 0 Å². The number of benzene rings is 3. The van der Waals surface area contributed by atoms with Gasteiger partial charge in [0, 0.05) is 5.56 Å². The lowest BCUT2D eigenvalue weighted by Crippen LogP contribution is -2.37. The molecule has 0 heterocycles. The molecule has 3 rings (SSSR count). The van der Waals surface area contributed by atoms with Gasteiger partial charge in [0.15, 0.2) is 0 Å². The number of hydrogen-bond acceptors (Lipinski definition) is 6. The summed E-state index contributed by atoms with van der Waals surface area (Å²) < 4.78 is 10.7. The first-order chi connectivity index (χ1) is 14.6. The third-order valence-corrected chi connectivity index (χ3v) is 4.39. The number of ketones is 1. The van der Waals surface area contributed by atoms with Crippen molar-refractivity contribution in [3.8, 4) is 0 Å². The average Bonchev–Trinajstić information content (AvgIpc) is 2.81. The van der Waals surface area contributed by atoms with Gasteiger partial charge in [0.2, 0.25) is 0 Å². The van der Waals surface area contributed by atoms with Crippen LogP contribution < -0.4 is 5.73 Å². The zero-order valence-corrected chi connectivity index (χ0v) is 16.1. The van der Waals surface area contributed by atoms with Crippen molar-refractivity contribution in [3.63, 3.8) is 0 Å². The van der Waals surface area contributed by atoms with Gasteiger partial charge < -0.3 is 15.2 Å². The summed E-state index contributed by atoms with van der Waals surface area (Å²) in [6.45, 7) is -0.293. The van der Waals surface area contributed by atoms with E-state index in [0.29, 0.717) is 11.1 Å². The summed E-state index contributed by atoms with van der Waals surface area (Å²) in [4.78, 5) is 36.8. The topological polar surface area (TPSA) is 95.7 Å². The molecule has 0 spiro atoms. The first kappa shape index (κ1) is 21.0. The van der Waals surface area contributed by atoms with Crippen LogP contribution in [0.1, 0.15) is 32.4 Å². The number of ether oxygens (including phenoxy) is 2. The smallest absolute Gasteiger partial charge is 0.379 e. The molecular weight excluding hydrogens is 382 g/mol. The summed E-state index contributed by atoms with van der Waals surface area (Å²) in [7, 11) is 0. The quantitative estimate of drug-likeness (QED) is 0.352. The molecule has 0 saturated carbocycles. The molecule has 0 aliphatic carbocycles. The monoisotopic (exact) mass is 403 g/mol. The lowest BCUT2D eigenvalue weighted by Gasteiger charge is -2.24. The van der Waals surface area contributed by atoms with Gasteiger partial charge in [-0.1, -0.05) is 78.9 Å². The molecule has 6 heteroatoms. The van der Waals surface area contributed by atoms with Gasteiger partial charge in [0.25, 0.3) is 5.78 Å². The number of nitrogens with two attached hydrogens (primary N) is 1. The van der Waals surface area contributed by atoms with E-state index in [1.54, 1.807) is 72.8 Å². The van der Waals surface area contributed by atoms with Gasteiger partial charge in [-0.2, -0.15) is 0 Å². The van der Waals surface area contributed by atoms with Crippen LogP contribution in [0.25, 0.3) is 0 Å². The normalized spacial score (nSPS) is 12.4. The molecule has 2 atom stereocenters. The first-order valence-electron chi connectivity index (χ1n) is 9.39. The first-order valence-corrected chi connectivity index (χ1v) is 9.39. The van der Waals surface area contributed by atoms with Gasteiger partial charge in [-0.15, -0.1) is 0 Å². The van der Waals surface area contributed by atoms with E-state index in [-0.39, 0.29) is 12.2 Å². The Morgan fingerprint density at radius 2 is 1.23 bits per heavy atom. The van der Waals surface area contributed by atoms with Crippen LogP contribution in [0.4, 0.5) is 0 Å². The van der Waals surface area contributed by atoms with Gasteiger partial charge in [-0.05, 0) is 17.7 Å². The van der Waals surface area contributed by atoms with E-state index in [0.717, 1.165) is 0 Å². The molecule has 0 amide bonds. The summed E-state index contributed by atoms with van der Waals surface area (Å²) in [5.41, 5.74) is 7.45. The van der Waals surface area contributed by atoms with Gasteiger partial charge in [0.1, 0.15) is 12.7 Å². The Hall–Kier alpha value is -3.77. The number of hydrogen-bond donors (Lipinski definition) is 1. The van der Waals surface area contributed by atoms with Crippen LogP contribution in [0.3, 0.4) is 0 Å².